The lowest BCUT2D eigenvalue weighted by Crippen LogP contribution is -2.35. The van der Waals surface area contributed by atoms with Crippen molar-refractivity contribution in [1.29, 1.82) is 0 Å². The van der Waals surface area contributed by atoms with Crippen LogP contribution in [0.1, 0.15) is 36.0 Å². The summed E-state index contributed by atoms with van der Waals surface area (Å²) in [5.41, 5.74) is 1.69. The molecular formula is C13H15BrN2O2. The van der Waals surface area contributed by atoms with Crippen molar-refractivity contribution >= 4 is 27.6 Å². The number of hydrogen-bond donors (Lipinski definition) is 1. The highest BCUT2D eigenvalue weighted by Gasteiger charge is 2.44. The van der Waals surface area contributed by atoms with E-state index in [1.54, 1.807) is 12.3 Å². The lowest BCUT2D eigenvalue weighted by molar-refractivity contribution is 0.0697. The number of carboxylic acids is 1. The van der Waals surface area contributed by atoms with E-state index in [4.69, 9.17) is 0 Å². The van der Waals surface area contributed by atoms with Gasteiger partial charge in [0, 0.05) is 13.1 Å². The van der Waals surface area contributed by atoms with Gasteiger partial charge in [0.2, 0.25) is 0 Å². The Morgan fingerprint density at radius 2 is 2.00 bits per heavy atom. The zero-order chi connectivity index (χ0) is 12.8. The normalized spacial score (nSPS) is 21.1. The van der Waals surface area contributed by atoms with E-state index < -0.39 is 5.97 Å². The number of halogens is 1. The summed E-state index contributed by atoms with van der Waals surface area (Å²) in [6, 6.07) is 1.58. The maximum absolute atomic E-state index is 11.3. The molecule has 0 aromatic carbocycles. The molecule has 0 unspecified atom stereocenters. The Hall–Kier alpha value is -1.10. The lowest BCUT2D eigenvalue weighted by Gasteiger charge is -2.34. The fourth-order valence-corrected chi connectivity index (χ4v) is 3.08. The Morgan fingerprint density at radius 1 is 1.33 bits per heavy atom. The third kappa shape index (κ3) is 2.11. The van der Waals surface area contributed by atoms with Crippen molar-refractivity contribution in [2.24, 2.45) is 5.41 Å². The number of carbonyl (C=O) groups is 1. The number of rotatable bonds is 2. The smallest absolute Gasteiger partial charge is 0.337 e. The summed E-state index contributed by atoms with van der Waals surface area (Å²) in [7, 11) is 0. The Labute approximate surface area is 114 Å². The second kappa shape index (κ2) is 4.23. The fourth-order valence-electron chi connectivity index (χ4n) is 2.74. The van der Waals surface area contributed by atoms with Gasteiger partial charge in [-0.25, -0.2) is 9.78 Å². The molecule has 4 nitrogen and oxygen atoms in total. The molecule has 1 spiro atoms. The van der Waals surface area contributed by atoms with Crippen molar-refractivity contribution in [3.8, 4) is 0 Å². The number of pyridine rings is 1. The zero-order valence-electron chi connectivity index (χ0n) is 10.0. The second-order valence-corrected chi connectivity index (χ2v) is 6.13. The van der Waals surface area contributed by atoms with E-state index >= 15 is 0 Å². The van der Waals surface area contributed by atoms with Crippen molar-refractivity contribution in [1.82, 2.24) is 4.98 Å². The highest BCUT2D eigenvalue weighted by Crippen LogP contribution is 2.54. The summed E-state index contributed by atoms with van der Waals surface area (Å²) in [5.74, 6) is -0.889. The molecule has 18 heavy (non-hydrogen) atoms. The summed E-state index contributed by atoms with van der Waals surface area (Å²) in [4.78, 5) is 17.6. The first-order valence-electron chi connectivity index (χ1n) is 6.23. The first kappa shape index (κ1) is 12.0. The molecule has 1 saturated heterocycles. The number of carboxylic acid groups (broad SMARTS) is 1. The van der Waals surface area contributed by atoms with Gasteiger partial charge >= 0.3 is 5.97 Å². The van der Waals surface area contributed by atoms with E-state index in [2.05, 4.69) is 25.8 Å². The van der Waals surface area contributed by atoms with Gasteiger partial charge in [0.15, 0.2) is 0 Å². The molecule has 2 heterocycles. The van der Waals surface area contributed by atoms with Crippen LogP contribution in [0.2, 0.25) is 0 Å². The highest BCUT2D eigenvalue weighted by atomic mass is 79.9. The summed E-state index contributed by atoms with van der Waals surface area (Å²) < 4.78 is 0.569. The first-order valence-corrected chi connectivity index (χ1v) is 7.03. The molecule has 96 valence electrons. The van der Waals surface area contributed by atoms with Crippen LogP contribution in [-0.4, -0.2) is 29.1 Å². The summed E-state index contributed by atoms with van der Waals surface area (Å²) in [5, 5.41) is 9.26. The molecule has 0 radical (unpaired) electrons. The molecule has 1 aromatic heterocycles. The van der Waals surface area contributed by atoms with Gasteiger partial charge in [-0.1, -0.05) is 0 Å². The third-order valence-electron chi connectivity index (χ3n) is 4.20. The standard InChI is InChI=1S/C13H15BrN2O2/c14-11-7-9(12(17)18)10(8-15-11)16-5-3-13(1-2-13)4-6-16/h7-8H,1-6H2,(H,17,18). The fraction of sp³-hybridized carbons (Fsp3) is 0.538. The predicted molar refractivity (Wildman–Crippen MR) is 72.0 cm³/mol. The van der Waals surface area contributed by atoms with Crippen molar-refractivity contribution in [2.45, 2.75) is 25.7 Å². The number of aromatic nitrogens is 1. The average Bonchev–Trinajstić information content (AvgIpc) is 3.10. The van der Waals surface area contributed by atoms with E-state index in [9.17, 15) is 9.90 Å². The molecule has 1 aromatic rings. The maximum atomic E-state index is 11.3. The number of anilines is 1. The first-order chi connectivity index (χ1) is 8.60. The van der Waals surface area contributed by atoms with Crippen LogP contribution in [0.3, 0.4) is 0 Å². The lowest BCUT2D eigenvalue weighted by atomic mass is 9.93. The van der Waals surface area contributed by atoms with E-state index in [1.807, 2.05) is 0 Å². The van der Waals surface area contributed by atoms with Gasteiger partial charge in [-0.3, -0.25) is 0 Å². The highest BCUT2D eigenvalue weighted by molar-refractivity contribution is 9.10. The van der Waals surface area contributed by atoms with E-state index in [0.717, 1.165) is 18.8 Å². The molecule has 1 aliphatic carbocycles. The van der Waals surface area contributed by atoms with Gasteiger partial charge in [-0.15, -0.1) is 0 Å². The molecule has 2 aliphatic rings. The van der Waals surface area contributed by atoms with E-state index in [-0.39, 0.29) is 0 Å². The Balaban J connectivity index is 1.85. The monoisotopic (exact) mass is 310 g/mol. The molecule has 0 bridgehead atoms. The number of hydrogen-bond acceptors (Lipinski definition) is 3. The van der Waals surface area contributed by atoms with Gasteiger partial charge in [0.05, 0.1) is 17.4 Å². The summed E-state index contributed by atoms with van der Waals surface area (Å²) in [6.07, 6.45) is 6.74. The largest absolute Gasteiger partial charge is 0.478 e. The topological polar surface area (TPSA) is 53.4 Å². The Bertz CT molecular complexity index is 490. The van der Waals surface area contributed by atoms with Crippen LogP contribution < -0.4 is 4.90 Å². The molecule has 0 atom stereocenters. The van der Waals surface area contributed by atoms with Crippen molar-refractivity contribution in [3.05, 3.63) is 22.4 Å². The van der Waals surface area contributed by atoms with Crippen LogP contribution in [0.5, 0.6) is 0 Å². The SMILES string of the molecule is O=C(O)c1cc(Br)ncc1N1CCC2(CC1)CC2. The molecule has 1 saturated carbocycles. The Kier molecular flexibility index (Phi) is 2.81. The van der Waals surface area contributed by atoms with E-state index in [0.29, 0.717) is 15.6 Å². The van der Waals surface area contributed by atoms with Crippen LogP contribution in [0.4, 0.5) is 5.69 Å². The predicted octanol–water partition coefficient (Wildman–Crippen LogP) is 2.92. The van der Waals surface area contributed by atoms with Gasteiger partial charge in [-0.05, 0) is 53.1 Å². The third-order valence-corrected chi connectivity index (χ3v) is 4.64. The van der Waals surface area contributed by atoms with Crippen LogP contribution >= 0.6 is 15.9 Å². The molecule has 3 rings (SSSR count). The maximum Gasteiger partial charge on any atom is 0.337 e. The van der Waals surface area contributed by atoms with Crippen LogP contribution in [0.25, 0.3) is 0 Å². The van der Waals surface area contributed by atoms with E-state index in [1.165, 1.54) is 25.7 Å². The minimum Gasteiger partial charge on any atom is -0.478 e. The molecule has 2 fully saturated rings. The zero-order valence-corrected chi connectivity index (χ0v) is 11.6. The van der Waals surface area contributed by atoms with Gasteiger partial charge < -0.3 is 10.0 Å². The quantitative estimate of drug-likeness (QED) is 0.853. The Morgan fingerprint density at radius 3 is 2.56 bits per heavy atom. The van der Waals surface area contributed by atoms with Crippen LogP contribution in [0, 0.1) is 5.41 Å². The average molecular weight is 311 g/mol. The number of nitrogens with zero attached hydrogens (tertiary/aromatic N) is 2. The number of aromatic carboxylic acids is 1. The van der Waals surface area contributed by atoms with Crippen LogP contribution in [-0.2, 0) is 0 Å². The molecule has 1 aliphatic heterocycles. The van der Waals surface area contributed by atoms with Crippen molar-refractivity contribution in [3.63, 3.8) is 0 Å². The van der Waals surface area contributed by atoms with Gasteiger partial charge in [-0.2, -0.15) is 0 Å². The summed E-state index contributed by atoms with van der Waals surface area (Å²) >= 11 is 3.22. The van der Waals surface area contributed by atoms with Gasteiger partial charge in [0.25, 0.3) is 0 Å². The molecule has 5 heteroatoms. The molecule has 0 amide bonds. The second-order valence-electron chi connectivity index (χ2n) is 5.32. The van der Waals surface area contributed by atoms with Crippen molar-refractivity contribution in [2.75, 3.05) is 18.0 Å². The van der Waals surface area contributed by atoms with Crippen molar-refractivity contribution < 1.29 is 9.90 Å². The minimum atomic E-state index is -0.889. The number of piperidine rings is 1. The van der Waals surface area contributed by atoms with Gasteiger partial charge in [0.1, 0.15) is 4.60 Å². The van der Waals surface area contributed by atoms with Crippen LogP contribution in [0.15, 0.2) is 16.9 Å². The minimum absolute atomic E-state index is 0.337. The molecule has 1 N–H and O–H groups in total. The summed E-state index contributed by atoms with van der Waals surface area (Å²) in [6.45, 7) is 1.90. The molecular weight excluding hydrogens is 296 g/mol.